The van der Waals surface area contributed by atoms with Gasteiger partial charge in [-0.05, 0) is 24.9 Å². The molecule has 1 saturated heterocycles. The van der Waals surface area contributed by atoms with E-state index < -0.39 is 0 Å². The molecule has 2 rings (SSSR count). The molecule has 0 bridgehead atoms. The van der Waals surface area contributed by atoms with Gasteiger partial charge in [-0.3, -0.25) is 4.90 Å². The van der Waals surface area contributed by atoms with E-state index in [2.05, 4.69) is 42.3 Å². The first-order valence-corrected chi connectivity index (χ1v) is 6.25. The van der Waals surface area contributed by atoms with E-state index in [4.69, 9.17) is 0 Å². The van der Waals surface area contributed by atoms with Crippen LogP contribution in [0.25, 0.3) is 0 Å². The zero-order valence-electron chi connectivity index (χ0n) is 8.03. The van der Waals surface area contributed by atoms with Gasteiger partial charge in [0, 0.05) is 12.6 Å². The molecule has 1 aliphatic rings. The molecule has 13 heavy (non-hydrogen) atoms. The quantitative estimate of drug-likeness (QED) is 0.619. The molecule has 2 heteroatoms. The maximum atomic E-state index is 2.48. The average Bonchev–Trinajstić information content (AvgIpc) is 2.20. The highest BCUT2D eigenvalue weighted by Gasteiger charge is 2.19. The van der Waals surface area contributed by atoms with Gasteiger partial charge >= 0.3 is 0 Å². The van der Waals surface area contributed by atoms with E-state index in [-0.39, 0.29) is 0 Å². The van der Waals surface area contributed by atoms with Crippen molar-refractivity contribution in [2.45, 2.75) is 6.04 Å². The fourth-order valence-corrected chi connectivity index (χ4v) is 3.39. The van der Waals surface area contributed by atoms with E-state index in [0.29, 0.717) is 6.04 Å². The molecule has 2 atom stereocenters. The Bertz CT molecular complexity index is 260. The largest absolute Gasteiger partial charge is 0.299 e. The Labute approximate surface area is 81.9 Å². The minimum absolute atomic E-state index is 0.674. The van der Waals surface area contributed by atoms with E-state index in [1.165, 1.54) is 24.4 Å². The maximum Gasteiger partial charge on any atom is 0.0381 e. The lowest BCUT2D eigenvalue weighted by Crippen LogP contribution is -2.31. The van der Waals surface area contributed by atoms with Gasteiger partial charge in [-0.15, -0.1) is 8.58 Å². The van der Waals surface area contributed by atoms with Crippen LogP contribution in [0.5, 0.6) is 0 Å². The highest BCUT2D eigenvalue weighted by Crippen LogP contribution is 2.30. The second-order valence-corrected chi connectivity index (χ2v) is 5.02. The summed E-state index contributed by atoms with van der Waals surface area (Å²) in [7, 11) is 3.39. The van der Waals surface area contributed by atoms with Crippen LogP contribution >= 0.6 is 8.58 Å². The molecule has 0 spiro atoms. The van der Waals surface area contributed by atoms with Gasteiger partial charge in [0.2, 0.25) is 0 Å². The fourth-order valence-electron chi connectivity index (χ4n) is 1.85. The normalized spacial score (nSPS) is 26.4. The molecule has 0 amide bonds. The molecule has 1 aromatic rings. The van der Waals surface area contributed by atoms with Crippen molar-refractivity contribution >= 4 is 8.58 Å². The third-order valence-electron chi connectivity index (χ3n) is 2.70. The van der Waals surface area contributed by atoms with Crippen LogP contribution in [0.15, 0.2) is 30.3 Å². The molecule has 1 fully saturated rings. The molecule has 1 aromatic carbocycles. The summed E-state index contributed by atoms with van der Waals surface area (Å²) in [6, 6.07) is 11.5. The molecule has 1 heterocycles. The summed E-state index contributed by atoms with van der Waals surface area (Å²) in [5, 5.41) is 0. The Morgan fingerprint density at radius 1 is 1.31 bits per heavy atom. The van der Waals surface area contributed by atoms with Gasteiger partial charge in [-0.2, -0.15) is 0 Å². The molecule has 1 aliphatic heterocycles. The van der Waals surface area contributed by atoms with Crippen molar-refractivity contribution in [3.63, 3.8) is 0 Å². The van der Waals surface area contributed by atoms with Gasteiger partial charge in [-0.25, -0.2) is 0 Å². The van der Waals surface area contributed by atoms with Crippen molar-refractivity contribution < 1.29 is 0 Å². The first kappa shape index (κ1) is 9.18. The van der Waals surface area contributed by atoms with Gasteiger partial charge in [0.1, 0.15) is 0 Å². The lowest BCUT2D eigenvalue weighted by molar-refractivity contribution is 0.273. The van der Waals surface area contributed by atoms with Crippen molar-refractivity contribution in [3.8, 4) is 0 Å². The molecule has 1 nitrogen and oxygen atoms in total. The first-order valence-electron chi connectivity index (χ1n) is 4.84. The maximum absolute atomic E-state index is 2.48. The van der Waals surface area contributed by atoms with Crippen LogP contribution in [0.3, 0.4) is 0 Å². The van der Waals surface area contributed by atoms with Crippen LogP contribution in [0.4, 0.5) is 0 Å². The number of hydrogen-bond donors (Lipinski definition) is 0. The van der Waals surface area contributed by atoms with Crippen LogP contribution < -0.4 is 0 Å². The topological polar surface area (TPSA) is 3.24 Å². The second-order valence-electron chi connectivity index (χ2n) is 3.61. The van der Waals surface area contributed by atoms with Crippen molar-refractivity contribution in [2.24, 2.45) is 0 Å². The lowest BCUT2D eigenvalue weighted by Gasteiger charge is -2.32. The molecule has 0 aliphatic carbocycles. The molecule has 0 saturated carbocycles. The Kier molecular flexibility index (Phi) is 2.97. The predicted octanol–water partition coefficient (Wildman–Crippen LogP) is 2.35. The van der Waals surface area contributed by atoms with Crippen molar-refractivity contribution in [1.29, 1.82) is 0 Å². The summed E-state index contributed by atoms with van der Waals surface area (Å²) < 4.78 is 0. The molecular weight excluding hydrogens is 177 g/mol. The fraction of sp³-hybridized carbons (Fsp3) is 0.455. The SMILES string of the molecule is CN1CCPCC1c1ccccc1. The number of benzene rings is 1. The highest BCUT2D eigenvalue weighted by atomic mass is 31.1. The van der Waals surface area contributed by atoms with Gasteiger partial charge in [-0.1, -0.05) is 30.3 Å². The van der Waals surface area contributed by atoms with Crippen molar-refractivity contribution in [1.82, 2.24) is 4.90 Å². The summed E-state index contributed by atoms with van der Waals surface area (Å²) in [6.07, 6.45) is 2.74. The van der Waals surface area contributed by atoms with Gasteiger partial charge < -0.3 is 0 Å². The van der Waals surface area contributed by atoms with E-state index in [1.54, 1.807) is 0 Å². The smallest absolute Gasteiger partial charge is 0.0381 e. The summed E-state index contributed by atoms with van der Waals surface area (Å²) in [6.45, 7) is 1.26. The predicted molar refractivity (Wildman–Crippen MR) is 59.9 cm³/mol. The molecule has 2 unspecified atom stereocenters. The van der Waals surface area contributed by atoms with Gasteiger partial charge in [0.15, 0.2) is 0 Å². The van der Waals surface area contributed by atoms with E-state index in [9.17, 15) is 0 Å². The summed E-state index contributed by atoms with van der Waals surface area (Å²) >= 11 is 0. The van der Waals surface area contributed by atoms with Crippen LogP contribution in [0.1, 0.15) is 11.6 Å². The van der Waals surface area contributed by atoms with E-state index in [0.717, 1.165) is 8.58 Å². The summed E-state index contributed by atoms with van der Waals surface area (Å²) in [4.78, 5) is 2.48. The Hall–Kier alpha value is -0.390. The van der Waals surface area contributed by atoms with Crippen LogP contribution in [-0.2, 0) is 0 Å². The third-order valence-corrected chi connectivity index (χ3v) is 3.95. The van der Waals surface area contributed by atoms with Crippen LogP contribution in [0.2, 0.25) is 0 Å². The van der Waals surface area contributed by atoms with Crippen LogP contribution in [-0.4, -0.2) is 30.8 Å². The third kappa shape index (κ3) is 2.10. The monoisotopic (exact) mass is 193 g/mol. The number of rotatable bonds is 1. The first-order chi connectivity index (χ1) is 6.38. The second kappa shape index (κ2) is 4.21. The molecule has 70 valence electrons. The minimum Gasteiger partial charge on any atom is -0.299 e. The Morgan fingerprint density at radius 2 is 2.08 bits per heavy atom. The van der Waals surface area contributed by atoms with Gasteiger partial charge in [0.25, 0.3) is 0 Å². The number of hydrogen-bond acceptors (Lipinski definition) is 1. The average molecular weight is 193 g/mol. The zero-order chi connectivity index (χ0) is 9.10. The van der Waals surface area contributed by atoms with Crippen molar-refractivity contribution in [3.05, 3.63) is 35.9 Å². The van der Waals surface area contributed by atoms with Crippen LogP contribution in [0, 0.1) is 0 Å². The van der Waals surface area contributed by atoms with E-state index >= 15 is 0 Å². The molecule has 0 N–H and O–H groups in total. The lowest BCUT2D eigenvalue weighted by atomic mass is 10.1. The molecule has 0 aromatic heterocycles. The number of nitrogens with zero attached hydrogens (tertiary/aromatic N) is 1. The standard InChI is InChI=1S/C11H16NP/c1-12-7-8-13-9-11(12)10-5-3-2-4-6-10/h2-6,11,13H,7-9H2,1H3. The molecule has 0 radical (unpaired) electrons. The minimum atomic E-state index is 0.674. The molecular formula is C11H16NP. The summed E-state index contributed by atoms with van der Waals surface area (Å²) in [5.74, 6) is 0. The Balaban J connectivity index is 2.15. The highest BCUT2D eigenvalue weighted by molar-refractivity contribution is 7.38. The summed E-state index contributed by atoms with van der Waals surface area (Å²) in [5.41, 5.74) is 1.48. The Morgan fingerprint density at radius 3 is 2.77 bits per heavy atom. The van der Waals surface area contributed by atoms with E-state index in [1.807, 2.05) is 0 Å². The zero-order valence-corrected chi connectivity index (χ0v) is 9.03. The van der Waals surface area contributed by atoms with Gasteiger partial charge in [0.05, 0.1) is 0 Å². The van der Waals surface area contributed by atoms with Crippen molar-refractivity contribution in [2.75, 3.05) is 25.9 Å².